The Morgan fingerprint density at radius 1 is 1.29 bits per heavy atom. The molecule has 0 aliphatic carbocycles. The highest BCUT2D eigenvalue weighted by Crippen LogP contribution is 2.20. The minimum atomic E-state index is -0.181. The lowest BCUT2D eigenvalue weighted by molar-refractivity contribution is -0.126. The van der Waals surface area contributed by atoms with Gasteiger partial charge < -0.3 is 10.2 Å². The van der Waals surface area contributed by atoms with Crippen LogP contribution in [-0.4, -0.2) is 49.6 Å². The quantitative estimate of drug-likeness (QED) is 0.711. The summed E-state index contributed by atoms with van der Waals surface area (Å²) in [6, 6.07) is 7.43. The number of rotatable bonds is 5. The molecule has 4 rings (SSSR count). The van der Waals surface area contributed by atoms with Crippen LogP contribution in [0.4, 0.5) is 0 Å². The molecule has 28 heavy (non-hydrogen) atoms. The van der Waals surface area contributed by atoms with Crippen LogP contribution in [0.1, 0.15) is 28.1 Å². The van der Waals surface area contributed by atoms with Crippen molar-refractivity contribution in [3.63, 3.8) is 0 Å². The fourth-order valence-corrected chi connectivity index (χ4v) is 3.94. The molecule has 1 aliphatic heterocycles. The van der Waals surface area contributed by atoms with E-state index in [2.05, 4.69) is 20.4 Å². The first-order chi connectivity index (χ1) is 13.7. The minimum Gasteiger partial charge on any atom is -0.352 e. The van der Waals surface area contributed by atoms with E-state index in [0.717, 1.165) is 23.3 Å². The number of thiophene rings is 1. The van der Waals surface area contributed by atoms with Crippen LogP contribution < -0.4 is 5.32 Å². The summed E-state index contributed by atoms with van der Waals surface area (Å²) in [6.07, 6.45) is 6.38. The second kappa shape index (κ2) is 8.30. The van der Waals surface area contributed by atoms with Crippen LogP contribution in [0.5, 0.6) is 0 Å². The van der Waals surface area contributed by atoms with E-state index < -0.39 is 0 Å². The van der Waals surface area contributed by atoms with Crippen LogP contribution in [0.25, 0.3) is 5.82 Å². The van der Waals surface area contributed by atoms with Crippen molar-refractivity contribution in [2.75, 3.05) is 13.1 Å². The van der Waals surface area contributed by atoms with Gasteiger partial charge in [0.2, 0.25) is 5.91 Å². The molecule has 1 saturated heterocycles. The van der Waals surface area contributed by atoms with Crippen molar-refractivity contribution >= 4 is 23.2 Å². The molecule has 8 nitrogen and oxygen atoms in total. The van der Waals surface area contributed by atoms with Crippen molar-refractivity contribution in [3.8, 4) is 5.82 Å². The standard InChI is InChI=1S/C19H20N6O2S/c26-18(15-3-1-7-24(11-15)19(27)16-4-2-8-28-16)22-10-14-5-6-17(21-9-14)25-13-20-12-23-25/h2,4-6,8-9,12-13,15H,1,3,7,10-11H2,(H,22,26). The second-order valence-corrected chi connectivity index (χ2v) is 7.60. The summed E-state index contributed by atoms with van der Waals surface area (Å²) in [5, 5.41) is 8.89. The Kier molecular flexibility index (Phi) is 5.43. The van der Waals surface area contributed by atoms with Crippen LogP contribution in [0.2, 0.25) is 0 Å². The van der Waals surface area contributed by atoms with E-state index in [0.29, 0.717) is 25.5 Å². The van der Waals surface area contributed by atoms with E-state index in [9.17, 15) is 9.59 Å². The highest BCUT2D eigenvalue weighted by atomic mass is 32.1. The molecule has 0 spiro atoms. The van der Waals surface area contributed by atoms with E-state index >= 15 is 0 Å². The van der Waals surface area contributed by atoms with Crippen LogP contribution in [0, 0.1) is 5.92 Å². The Bertz CT molecular complexity index is 924. The molecule has 2 amide bonds. The average Bonchev–Trinajstić information content (AvgIpc) is 3.46. The molecule has 9 heteroatoms. The number of aromatic nitrogens is 4. The smallest absolute Gasteiger partial charge is 0.263 e. The topological polar surface area (TPSA) is 93.0 Å². The minimum absolute atomic E-state index is 0.0143. The lowest BCUT2D eigenvalue weighted by atomic mass is 9.97. The zero-order chi connectivity index (χ0) is 19.3. The molecule has 4 heterocycles. The molecule has 1 atom stereocenters. The Labute approximate surface area is 166 Å². The summed E-state index contributed by atoms with van der Waals surface area (Å²) in [5.74, 6) is 0.479. The van der Waals surface area contributed by atoms with Crippen LogP contribution in [0.3, 0.4) is 0 Å². The Hall–Kier alpha value is -3.07. The maximum Gasteiger partial charge on any atom is 0.263 e. The highest BCUT2D eigenvalue weighted by molar-refractivity contribution is 7.12. The molecule has 3 aromatic heterocycles. The van der Waals surface area contributed by atoms with Crippen molar-refractivity contribution in [1.29, 1.82) is 0 Å². The molecule has 1 fully saturated rings. The van der Waals surface area contributed by atoms with Gasteiger partial charge in [-0.25, -0.2) is 14.6 Å². The summed E-state index contributed by atoms with van der Waals surface area (Å²) >= 11 is 1.43. The van der Waals surface area contributed by atoms with E-state index in [4.69, 9.17) is 0 Å². The van der Waals surface area contributed by atoms with Gasteiger partial charge in [-0.1, -0.05) is 12.1 Å². The molecule has 0 aromatic carbocycles. The number of amides is 2. The van der Waals surface area contributed by atoms with Crippen LogP contribution in [0.15, 0.2) is 48.5 Å². The van der Waals surface area contributed by atoms with Crippen LogP contribution in [-0.2, 0) is 11.3 Å². The number of carbonyl (C=O) groups is 2. The average molecular weight is 396 g/mol. The first kappa shape index (κ1) is 18.3. The van der Waals surface area contributed by atoms with Gasteiger partial charge in [-0.05, 0) is 35.9 Å². The third-order valence-corrected chi connectivity index (χ3v) is 5.60. The molecule has 144 valence electrons. The largest absolute Gasteiger partial charge is 0.352 e. The number of hydrogen-bond acceptors (Lipinski definition) is 6. The Balaban J connectivity index is 1.31. The molecule has 0 radical (unpaired) electrons. The number of carbonyl (C=O) groups excluding carboxylic acids is 2. The predicted molar refractivity (Wildman–Crippen MR) is 104 cm³/mol. The highest BCUT2D eigenvalue weighted by Gasteiger charge is 2.29. The normalized spacial score (nSPS) is 16.7. The maximum atomic E-state index is 12.6. The lowest BCUT2D eigenvalue weighted by Gasteiger charge is -2.31. The van der Waals surface area contributed by atoms with Gasteiger partial charge in [0.1, 0.15) is 12.7 Å². The molecule has 0 saturated carbocycles. The summed E-state index contributed by atoms with van der Waals surface area (Å²) in [7, 11) is 0. The predicted octanol–water partition coefficient (Wildman–Crippen LogP) is 1.89. The Morgan fingerprint density at radius 2 is 2.21 bits per heavy atom. The van der Waals surface area contributed by atoms with Crippen molar-refractivity contribution < 1.29 is 9.59 Å². The van der Waals surface area contributed by atoms with Gasteiger partial charge in [0.05, 0.1) is 10.8 Å². The van der Waals surface area contributed by atoms with E-state index in [-0.39, 0.29) is 17.7 Å². The van der Waals surface area contributed by atoms with Gasteiger partial charge in [-0.15, -0.1) is 11.3 Å². The molecular weight excluding hydrogens is 376 g/mol. The lowest BCUT2D eigenvalue weighted by Crippen LogP contribution is -2.45. The molecular formula is C19H20N6O2S. The third kappa shape index (κ3) is 4.09. The van der Waals surface area contributed by atoms with E-state index in [1.165, 1.54) is 17.7 Å². The van der Waals surface area contributed by atoms with E-state index in [1.54, 1.807) is 22.1 Å². The fraction of sp³-hybridized carbons (Fsp3) is 0.316. The van der Waals surface area contributed by atoms with Gasteiger partial charge in [0.15, 0.2) is 5.82 Å². The van der Waals surface area contributed by atoms with Gasteiger partial charge in [0, 0.05) is 25.8 Å². The number of piperidine rings is 1. The monoisotopic (exact) mass is 396 g/mol. The van der Waals surface area contributed by atoms with Gasteiger partial charge in [-0.2, -0.15) is 5.10 Å². The first-order valence-corrected chi connectivity index (χ1v) is 9.99. The number of nitrogens with one attached hydrogen (secondary N) is 1. The van der Waals surface area contributed by atoms with Crippen molar-refractivity contribution in [1.82, 2.24) is 30.0 Å². The maximum absolute atomic E-state index is 12.6. The van der Waals surface area contributed by atoms with Crippen molar-refractivity contribution in [2.24, 2.45) is 5.92 Å². The second-order valence-electron chi connectivity index (χ2n) is 6.65. The van der Waals surface area contributed by atoms with Gasteiger partial charge >= 0.3 is 0 Å². The zero-order valence-corrected chi connectivity index (χ0v) is 16.0. The Morgan fingerprint density at radius 3 is 2.93 bits per heavy atom. The zero-order valence-electron chi connectivity index (χ0n) is 15.2. The summed E-state index contributed by atoms with van der Waals surface area (Å²) in [4.78, 5) is 35.8. The molecule has 1 aliphatic rings. The molecule has 3 aromatic rings. The number of hydrogen-bond donors (Lipinski definition) is 1. The summed E-state index contributed by atoms with van der Waals surface area (Å²) in [5.41, 5.74) is 0.902. The summed E-state index contributed by atoms with van der Waals surface area (Å²) < 4.78 is 1.57. The SMILES string of the molecule is O=C(NCc1ccc(-n2cncn2)nc1)C1CCCN(C(=O)c2cccs2)C1. The summed E-state index contributed by atoms with van der Waals surface area (Å²) in [6.45, 7) is 1.57. The van der Waals surface area contributed by atoms with Gasteiger partial charge in [-0.3, -0.25) is 9.59 Å². The molecule has 0 bridgehead atoms. The van der Waals surface area contributed by atoms with Gasteiger partial charge in [0.25, 0.3) is 5.91 Å². The van der Waals surface area contributed by atoms with E-state index in [1.807, 2.05) is 29.6 Å². The molecule has 1 N–H and O–H groups in total. The third-order valence-electron chi connectivity index (χ3n) is 4.74. The van der Waals surface area contributed by atoms with Crippen LogP contribution >= 0.6 is 11.3 Å². The fourth-order valence-electron chi connectivity index (χ4n) is 3.25. The van der Waals surface area contributed by atoms with Crippen molar-refractivity contribution in [2.45, 2.75) is 19.4 Å². The molecule has 1 unspecified atom stereocenters. The number of pyridine rings is 1. The number of likely N-dealkylation sites (tertiary alicyclic amines) is 1. The van der Waals surface area contributed by atoms with Crippen molar-refractivity contribution in [3.05, 3.63) is 58.9 Å². The number of nitrogens with zero attached hydrogens (tertiary/aromatic N) is 5. The first-order valence-electron chi connectivity index (χ1n) is 9.11.